The molecule has 0 spiro atoms. The molecule has 1 unspecified atom stereocenters. The van der Waals surface area contributed by atoms with E-state index in [0.29, 0.717) is 6.54 Å². The van der Waals surface area contributed by atoms with E-state index in [2.05, 4.69) is 11.4 Å². The van der Waals surface area contributed by atoms with Crippen LogP contribution < -0.4 is 5.32 Å². The number of terminal acetylenes is 1. The molecule has 0 radical (unpaired) electrons. The van der Waals surface area contributed by atoms with Crippen molar-refractivity contribution in [1.82, 2.24) is 5.32 Å². The van der Waals surface area contributed by atoms with E-state index in [1.807, 2.05) is 12.1 Å². The maximum atomic E-state index is 10.9. The van der Waals surface area contributed by atoms with Crippen LogP contribution in [0.1, 0.15) is 43.6 Å². The zero-order valence-corrected chi connectivity index (χ0v) is 11.1. The maximum Gasteiger partial charge on any atom is 0.115 e. The number of phenolic OH excluding ortho intramolecular Hbond substituents is 1. The molecule has 3 nitrogen and oxygen atoms in total. The molecule has 0 amide bonds. The molecule has 1 fully saturated rings. The molecule has 0 aliphatic heterocycles. The van der Waals surface area contributed by atoms with Crippen LogP contribution in [0.15, 0.2) is 24.3 Å². The fourth-order valence-electron chi connectivity index (χ4n) is 3.00. The van der Waals surface area contributed by atoms with Crippen LogP contribution in [0.25, 0.3) is 0 Å². The lowest BCUT2D eigenvalue weighted by Gasteiger charge is -2.39. The number of benzene rings is 1. The highest BCUT2D eigenvalue weighted by Crippen LogP contribution is 2.39. The summed E-state index contributed by atoms with van der Waals surface area (Å²) in [7, 11) is 0. The van der Waals surface area contributed by atoms with E-state index in [1.54, 1.807) is 12.1 Å². The summed E-state index contributed by atoms with van der Waals surface area (Å²) in [5.41, 5.74) is 0.323. The summed E-state index contributed by atoms with van der Waals surface area (Å²) < 4.78 is 0. The molecule has 1 aliphatic carbocycles. The molecule has 0 heterocycles. The van der Waals surface area contributed by atoms with Crippen molar-refractivity contribution in [1.29, 1.82) is 0 Å². The topological polar surface area (TPSA) is 52.5 Å². The van der Waals surface area contributed by atoms with Gasteiger partial charge in [-0.15, -0.1) is 0 Å². The number of aromatic hydroxyl groups is 1. The molecule has 1 aliphatic rings. The molecule has 2 rings (SSSR count). The maximum absolute atomic E-state index is 10.9. The standard InChI is InChI=1S/C16H21NO2/c1-2-17-12-15(13-6-8-14(18)9-7-13)16(19)10-4-3-5-11-16/h1,6-9,15,17-19H,3-5,10-12H2. The Balaban J connectivity index is 2.24. The second kappa shape index (κ2) is 5.99. The Kier molecular flexibility index (Phi) is 4.34. The summed E-state index contributed by atoms with van der Waals surface area (Å²) in [4.78, 5) is 0. The third-order valence-corrected chi connectivity index (χ3v) is 4.07. The van der Waals surface area contributed by atoms with E-state index in [4.69, 9.17) is 6.42 Å². The van der Waals surface area contributed by atoms with Gasteiger partial charge in [0.2, 0.25) is 0 Å². The van der Waals surface area contributed by atoms with E-state index in [0.717, 1.165) is 31.2 Å². The predicted molar refractivity (Wildman–Crippen MR) is 75.7 cm³/mol. The molecule has 0 aromatic heterocycles. The van der Waals surface area contributed by atoms with Crippen LogP contribution in [-0.2, 0) is 0 Å². The Morgan fingerprint density at radius 3 is 2.42 bits per heavy atom. The number of rotatable bonds is 4. The fraction of sp³-hybridized carbons (Fsp3) is 0.500. The Labute approximate surface area is 114 Å². The molecular formula is C16H21NO2. The normalized spacial score (nSPS) is 19.4. The molecule has 3 N–H and O–H groups in total. The molecule has 1 aromatic carbocycles. The second-order valence-corrected chi connectivity index (χ2v) is 5.33. The van der Waals surface area contributed by atoms with Crippen molar-refractivity contribution in [3.05, 3.63) is 29.8 Å². The molecule has 1 atom stereocenters. The molecule has 0 saturated heterocycles. The smallest absolute Gasteiger partial charge is 0.115 e. The minimum absolute atomic E-state index is 0.0375. The van der Waals surface area contributed by atoms with Gasteiger partial charge in [-0.3, -0.25) is 0 Å². The first-order valence-electron chi connectivity index (χ1n) is 6.85. The van der Waals surface area contributed by atoms with Crippen molar-refractivity contribution >= 4 is 0 Å². The van der Waals surface area contributed by atoms with E-state index in [9.17, 15) is 10.2 Å². The molecule has 3 heteroatoms. The highest BCUT2D eigenvalue weighted by molar-refractivity contribution is 5.30. The SMILES string of the molecule is C#CNCC(c1ccc(O)cc1)C1(O)CCCCC1. The lowest BCUT2D eigenvalue weighted by atomic mass is 9.73. The van der Waals surface area contributed by atoms with Crippen LogP contribution in [0.4, 0.5) is 0 Å². The third kappa shape index (κ3) is 3.21. The Hall–Kier alpha value is -1.66. The zero-order valence-electron chi connectivity index (χ0n) is 11.1. The first-order chi connectivity index (χ1) is 9.15. The molecular weight excluding hydrogens is 238 g/mol. The zero-order chi connectivity index (χ0) is 13.7. The predicted octanol–water partition coefficient (Wildman–Crippen LogP) is 2.35. The summed E-state index contributed by atoms with van der Waals surface area (Å²) in [6, 6.07) is 9.47. The number of phenols is 1. The Morgan fingerprint density at radius 1 is 1.21 bits per heavy atom. The van der Waals surface area contributed by atoms with Crippen molar-refractivity contribution in [2.45, 2.75) is 43.6 Å². The minimum atomic E-state index is -0.695. The highest BCUT2D eigenvalue weighted by Gasteiger charge is 2.38. The number of aliphatic hydroxyl groups is 1. The fourth-order valence-corrected chi connectivity index (χ4v) is 3.00. The average molecular weight is 259 g/mol. The second-order valence-electron chi connectivity index (χ2n) is 5.33. The van der Waals surface area contributed by atoms with Crippen LogP contribution in [0, 0.1) is 12.5 Å². The van der Waals surface area contributed by atoms with Gasteiger partial charge in [0.25, 0.3) is 0 Å². The Morgan fingerprint density at radius 2 is 1.84 bits per heavy atom. The van der Waals surface area contributed by atoms with Crippen LogP contribution in [-0.4, -0.2) is 22.4 Å². The van der Waals surface area contributed by atoms with Gasteiger partial charge in [0, 0.05) is 18.5 Å². The summed E-state index contributed by atoms with van der Waals surface area (Å²) in [5.74, 6) is 0.201. The third-order valence-electron chi connectivity index (χ3n) is 4.07. The highest BCUT2D eigenvalue weighted by atomic mass is 16.3. The van der Waals surface area contributed by atoms with Gasteiger partial charge in [0.1, 0.15) is 5.75 Å². The van der Waals surface area contributed by atoms with Crippen molar-refractivity contribution in [2.75, 3.05) is 6.54 Å². The van der Waals surface area contributed by atoms with E-state index < -0.39 is 5.60 Å². The average Bonchev–Trinajstić information content (AvgIpc) is 2.42. The van der Waals surface area contributed by atoms with E-state index in [1.165, 1.54) is 6.42 Å². The number of nitrogens with one attached hydrogen (secondary N) is 1. The van der Waals surface area contributed by atoms with Crippen LogP contribution in [0.2, 0.25) is 0 Å². The summed E-state index contributed by atoms with van der Waals surface area (Å²) in [5, 5.41) is 23.2. The van der Waals surface area contributed by atoms with Gasteiger partial charge in [-0.2, -0.15) is 0 Å². The van der Waals surface area contributed by atoms with Crippen molar-refractivity contribution in [3.8, 4) is 18.2 Å². The van der Waals surface area contributed by atoms with Gasteiger partial charge in [0.05, 0.1) is 5.60 Å². The first-order valence-corrected chi connectivity index (χ1v) is 6.85. The summed E-state index contributed by atoms with van der Waals surface area (Å²) in [6.07, 6.45) is 10.2. The van der Waals surface area contributed by atoms with Gasteiger partial charge >= 0.3 is 0 Å². The van der Waals surface area contributed by atoms with Crippen LogP contribution in [0.3, 0.4) is 0 Å². The van der Waals surface area contributed by atoms with Gasteiger partial charge in [-0.25, -0.2) is 0 Å². The molecule has 19 heavy (non-hydrogen) atoms. The first kappa shape index (κ1) is 13.8. The summed E-state index contributed by atoms with van der Waals surface area (Å²) >= 11 is 0. The minimum Gasteiger partial charge on any atom is -0.508 e. The molecule has 102 valence electrons. The monoisotopic (exact) mass is 259 g/mol. The largest absolute Gasteiger partial charge is 0.508 e. The quantitative estimate of drug-likeness (QED) is 0.574. The molecule has 1 aromatic rings. The molecule has 0 bridgehead atoms. The number of hydrogen-bond acceptors (Lipinski definition) is 3. The van der Waals surface area contributed by atoms with Crippen molar-refractivity contribution in [2.24, 2.45) is 0 Å². The van der Waals surface area contributed by atoms with E-state index in [-0.39, 0.29) is 11.7 Å². The van der Waals surface area contributed by atoms with Gasteiger partial charge in [-0.1, -0.05) is 37.8 Å². The van der Waals surface area contributed by atoms with Gasteiger partial charge in [-0.05, 0) is 30.5 Å². The van der Waals surface area contributed by atoms with Crippen molar-refractivity contribution < 1.29 is 10.2 Å². The summed E-state index contributed by atoms with van der Waals surface area (Å²) in [6.45, 7) is 0.553. The van der Waals surface area contributed by atoms with Crippen LogP contribution in [0.5, 0.6) is 5.75 Å². The van der Waals surface area contributed by atoms with Crippen molar-refractivity contribution in [3.63, 3.8) is 0 Å². The lowest BCUT2D eigenvalue weighted by molar-refractivity contribution is -0.0206. The van der Waals surface area contributed by atoms with Crippen LogP contribution >= 0.6 is 0 Å². The van der Waals surface area contributed by atoms with Gasteiger partial charge in [0.15, 0.2) is 0 Å². The lowest BCUT2D eigenvalue weighted by Crippen LogP contribution is -2.42. The molecule has 1 saturated carbocycles. The van der Waals surface area contributed by atoms with Gasteiger partial charge < -0.3 is 15.5 Å². The Bertz CT molecular complexity index is 441. The van der Waals surface area contributed by atoms with E-state index >= 15 is 0 Å². The number of hydrogen-bond donors (Lipinski definition) is 3.